The van der Waals surface area contributed by atoms with Gasteiger partial charge in [-0.1, -0.05) is 12.1 Å². The molecule has 178 valence electrons. The van der Waals surface area contributed by atoms with Gasteiger partial charge in [-0.25, -0.2) is 17.2 Å². The molecule has 0 bridgehead atoms. The number of nitrogens with one attached hydrogen (secondary N) is 2. The van der Waals surface area contributed by atoms with Crippen LogP contribution in [0.2, 0.25) is 0 Å². The summed E-state index contributed by atoms with van der Waals surface area (Å²) in [7, 11) is -3.02. The van der Waals surface area contributed by atoms with Crippen LogP contribution in [0, 0.1) is 5.82 Å². The van der Waals surface area contributed by atoms with E-state index in [0.29, 0.717) is 22.6 Å². The fraction of sp³-hybridized carbons (Fsp3) is 0.304. The number of benzene rings is 1. The molecule has 0 spiro atoms. The Bertz CT molecular complexity index is 1260. The lowest BCUT2D eigenvalue weighted by Crippen LogP contribution is -2.52. The maximum absolute atomic E-state index is 14.2. The van der Waals surface area contributed by atoms with E-state index in [4.69, 9.17) is 0 Å². The van der Waals surface area contributed by atoms with Crippen molar-refractivity contribution in [2.45, 2.75) is 25.1 Å². The zero-order valence-electron chi connectivity index (χ0n) is 18.1. The lowest BCUT2D eigenvalue weighted by Gasteiger charge is -2.26. The first-order chi connectivity index (χ1) is 16.3. The first-order valence-corrected chi connectivity index (χ1v) is 12.5. The summed E-state index contributed by atoms with van der Waals surface area (Å²) in [6.45, 7) is 0.288. The molecule has 1 aliphatic rings. The topological polar surface area (TPSA) is 114 Å². The Morgan fingerprint density at radius 3 is 2.65 bits per heavy atom. The zero-order valence-corrected chi connectivity index (χ0v) is 18.9. The van der Waals surface area contributed by atoms with E-state index >= 15 is 0 Å². The standard InChI is InChI=1S/C23H23F2N5O3S/c24-17(12-21-19(25)5-2-9-26-21)8-10-27-22-7-6-20(29-30-22)15-3-1-4-16(11-15)23(31)28-18-13-34(32,33)14-18/h1-7,9,11,17-18H,8,10,12-14H2,(H,27,30)(H,28,31)/t17-/m0/s1. The van der Waals surface area contributed by atoms with Crippen molar-refractivity contribution in [3.05, 3.63) is 71.8 Å². The van der Waals surface area contributed by atoms with E-state index < -0.39 is 21.8 Å². The monoisotopic (exact) mass is 487 g/mol. The largest absolute Gasteiger partial charge is 0.368 e. The minimum atomic E-state index is -3.02. The van der Waals surface area contributed by atoms with Gasteiger partial charge in [0.25, 0.3) is 5.91 Å². The highest BCUT2D eigenvalue weighted by Crippen LogP contribution is 2.20. The normalized spacial score (nSPS) is 15.8. The molecule has 11 heteroatoms. The smallest absolute Gasteiger partial charge is 0.251 e. The van der Waals surface area contributed by atoms with E-state index in [-0.39, 0.29) is 48.5 Å². The SMILES string of the molecule is O=C(NC1CS(=O)(=O)C1)c1cccc(-c2ccc(NCC[C@H](F)Cc3ncccc3F)nn2)c1. The van der Waals surface area contributed by atoms with Gasteiger partial charge >= 0.3 is 0 Å². The number of hydrogen-bond donors (Lipinski definition) is 2. The summed E-state index contributed by atoms with van der Waals surface area (Å²) >= 11 is 0. The molecular weight excluding hydrogens is 464 g/mol. The fourth-order valence-corrected chi connectivity index (χ4v) is 4.85. The van der Waals surface area contributed by atoms with Crippen LogP contribution in [0.4, 0.5) is 14.6 Å². The molecule has 0 radical (unpaired) electrons. The van der Waals surface area contributed by atoms with Crippen LogP contribution in [0.5, 0.6) is 0 Å². The molecule has 3 aromatic rings. The predicted octanol–water partition coefficient (Wildman–Crippen LogP) is 2.59. The van der Waals surface area contributed by atoms with E-state index in [0.717, 1.165) is 0 Å². The quantitative estimate of drug-likeness (QED) is 0.477. The summed E-state index contributed by atoms with van der Waals surface area (Å²) in [4.78, 5) is 16.3. The number of sulfone groups is 1. The van der Waals surface area contributed by atoms with Gasteiger partial charge in [-0.2, -0.15) is 0 Å². The van der Waals surface area contributed by atoms with Crippen molar-refractivity contribution in [2.24, 2.45) is 0 Å². The minimum absolute atomic E-state index is 0.0401. The van der Waals surface area contributed by atoms with Crippen molar-refractivity contribution in [3.8, 4) is 11.3 Å². The Morgan fingerprint density at radius 1 is 1.12 bits per heavy atom. The van der Waals surface area contributed by atoms with E-state index in [1.165, 1.54) is 18.3 Å². The number of carbonyl (C=O) groups excluding carboxylic acids is 1. The van der Waals surface area contributed by atoms with Gasteiger partial charge in [0.2, 0.25) is 0 Å². The van der Waals surface area contributed by atoms with Crippen LogP contribution in [-0.4, -0.2) is 59.8 Å². The summed E-state index contributed by atoms with van der Waals surface area (Å²) in [5, 5.41) is 13.9. The van der Waals surface area contributed by atoms with Crippen LogP contribution >= 0.6 is 0 Å². The van der Waals surface area contributed by atoms with Crippen molar-refractivity contribution in [3.63, 3.8) is 0 Å². The van der Waals surface area contributed by atoms with Crippen molar-refractivity contribution in [2.75, 3.05) is 23.4 Å². The number of nitrogens with zero attached hydrogens (tertiary/aromatic N) is 3. The molecule has 1 amide bonds. The fourth-order valence-electron chi connectivity index (χ4n) is 3.55. The second-order valence-corrected chi connectivity index (χ2v) is 10.2. The molecule has 8 nitrogen and oxygen atoms in total. The van der Waals surface area contributed by atoms with Gasteiger partial charge in [0.05, 0.1) is 28.9 Å². The van der Waals surface area contributed by atoms with Crippen LogP contribution in [0.3, 0.4) is 0 Å². The Morgan fingerprint density at radius 2 is 1.94 bits per heavy atom. The number of carbonyl (C=O) groups is 1. The first-order valence-electron chi connectivity index (χ1n) is 10.7. The third kappa shape index (κ3) is 6.10. The summed E-state index contributed by atoms with van der Waals surface area (Å²) in [6, 6.07) is 12.6. The van der Waals surface area contributed by atoms with Gasteiger partial charge in [-0.15, -0.1) is 10.2 Å². The molecule has 34 heavy (non-hydrogen) atoms. The van der Waals surface area contributed by atoms with Crippen molar-refractivity contribution >= 4 is 21.6 Å². The van der Waals surface area contributed by atoms with Gasteiger partial charge < -0.3 is 10.6 Å². The van der Waals surface area contributed by atoms with Gasteiger partial charge in [0.15, 0.2) is 9.84 Å². The van der Waals surface area contributed by atoms with Crippen LogP contribution in [-0.2, 0) is 16.3 Å². The minimum Gasteiger partial charge on any atom is -0.368 e. The first kappa shape index (κ1) is 23.7. The number of pyridine rings is 1. The van der Waals surface area contributed by atoms with E-state index in [2.05, 4.69) is 25.8 Å². The third-order valence-electron chi connectivity index (χ3n) is 5.34. The Labute approximate surface area is 195 Å². The molecule has 0 saturated carbocycles. The molecule has 0 unspecified atom stereocenters. The third-order valence-corrected chi connectivity index (χ3v) is 7.16. The number of aromatic nitrogens is 3. The Hall–Kier alpha value is -3.47. The summed E-state index contributed by atoms with van der Waals surface area (Å²) in [5.41, 5.74) is 1.71. The number of rotatable bonds is 9. The molecule has 1 aromatic carbocycles. The number of halogens is 2. The molecule has 1 aliphatic heterocycles. The lowest BCUT2D eigenvalue weighted by molar-refractivity contribution is 0.0942. The number of amides is 1. The van der Waals surface area contributed by atoms with E-state index in [9.17, 15) is 22.0 Å². The van der Waals surface area contributed by atoms with Crippen LogP contribution in [0.15, 0.2) is 54.7 Å². The molecule has 0 aliphatic carbocycles. The molecule has 2 N–H and O–H groups in total. The summed E-state index contributed by atoms with van der Waals surface area (Å²) in [6.07, 6.45) is 0.236. The lowest BCUT2D eigenvalue weighted by atomic mass is 10.1. The van der Waals surface area contributed by atoms with E-state index in [1.807, 2.05) is 0 Å². The number of alkyl halides is 1. The number of anilines is 1. The van der Waals surface area contributed by atoms with Gasteiger partial charge in [0, 0.05) is 30.3 Å². The van der Waals surface area contributed by atoms with Gasteiger partial charge in [-0.05, 0) is 42.8 Å². The average molecular weight is 488 g/mol. The molecule has 1 saturated heterocycles. The summed E-state index contributed by atoms with van der Waals surface area (Å²) < 4.78 is 50.3. The summed E-state index contributed by atoms with van der Waals surface area (Å²) in [5.74, 6) is -0.486. The van der Waals surface area contributed by atoms with Crippen LogP contribution in [0.1, 0.15) is 22.5 Å². The maximum Gasteiger partial charge on any atom is 0.251 e. The van der Waals surface area contributed by atoms with Crippen LogP contribution in [0.25, 0.3) is 11.3 Å². The Balaban J connectivity index is 1.29. The predicted molar refractivity (Wildman–Crippen MR) is 123 cm³/mol. The van der Waals surface area contributed by atoms with Crippen molar-refractivity contribution in [1.82, 2.24) is 20.5 Å². The molecular formula is C23H23F2N5O3S. The highest BCUT2D eigenvalue weighted by Gasteiger charge is 2.34. The Kier molecular flexibility index (Phi) is 7.11. The zero-order chi connectivity index (χ0) is 24.1. The second-order valence-electron chi connectivity index (χ2n) is 8.08. The highest BCUT2D eigenvalue weighted by atomic mass is 32.2. The van der Waals surface area contributed by atoms with Crippen molar-refractivity contribution in [1.29, 1.82) is 0 Å². The molecule has 3 heterocycles. The molecule has 1 fully saturated rings. The van der Waals surface area contributed by atoms with Crippen LogP contribution < -0.4 is 10.6 Å². The van der Waals surface area contributed by atoms with E-state index in [1.54, 1.807) is 36.4 Å². The maximum atomic E-state index is 14.2. The average Bonchev–Trinajstić information content (AvgIpc) is 2.80. The molecule has 1 atom stereocenters. The van der Waals surface area contributed by atoms with Crippen molar-refractivity contribution < 1.29 is 22.0 Å². The second kappa shape index (κ2) is 10.2. The highest BCUT2D eigenvalue weighted by molar-refractivity contribution is 7.92. The number of hydrogen-bond acceptors (Lipinski definition) is 7. The van der Waals surface area contributed by atoms with Gasteiger partial charge in [0.1, 0.15) is 17.8 Å². The molecule has 4 rings (SSSR count). The molecule has 2 aromatic heterocycles. The van der Waals surface area contributed by atoms with Gasteiger partial charge in [-0.3, -0.25) is 9.78 Å².